The third kappa shape index (κ3) is 4.27. The lowest BCUT2D eigenvalue weighted by Gasteiger charge is -2.20. The highest BCUT2D eigenvalue weighted by Crippen LogP contribution is 2.25. The highest BCUT2D eigenvalue weighted by molar-refractivity contribution is 7.14. The Balaban J connectivity index is 1.72. The molecule has 0 aliphatic carbocycles. The summed E-state index contributed by atoms with van der Waals surface area (Å²) in [5, 5.41) is 8.65. The fourth-order valence-corrected chi connectivity index (χ4v) is 3.63. The first kappa shape index (κ1) is 17.6. The Morgan fingerprint density at radius 2 is 1.96 bits per heavy atom. The standard InChI is InChI=1S/C19H23N3O2S/c1-2-14-4-6-15(7-5-14)17(23)21-18-16(8-13-25-18)19(24)22-11-3-9-20-10-12-22/h4-8,13,20H,2-3,9-12H2,1H3,(H,21,23). The average molecular weight is 357 g/mol. The van der Waals surface area contributed by atoms with Crippen molar-refractivity contribution < 1.29 is 9.59 Å². The molecule has 1 aromatic heterocycles. The van der Waals surface area contributed by atoms with Crippen LogP contribution in [0.1, 0.15) is 39.6 Å². The van der Waals surface area contributed by atoms with Gasteiger partial charge in [-0.2, -0.15) is 0 Å². The molecule has 1 aliphatic heterocycles. The number of anilines is 1. The van der Waals surface area contributed by atoms with Crippen LogP contribution in [0.15, 0.2) is 35.7 Å². The smallest absolute Gasteiger partial charge is 0.256 e. The summed E-state index contributed by atoms with van der Waals surface area (Å²) in [5.74, 6) is -0.196. The van der Waals surface area contributed by atoms with E-state index in [1.54, 1.807) is 6.07 Å². The zero-order valence-electron chi connectivity index (χ0n) is 14.4. The van der Waals surface area contributed by atoms with E-state index in [1.807, 2.05) is 34.5 Å². The highest BCUT2D eigenvalue weighted by Gasteiger charge is 2.22. The Bertz CT molecular complexity index is 731. The normalized spacial score (nSPS) is 14.8. The van der Waals surface area contributed by atoms with Crippen LogP contribution in [-0.4, -0.2) is 42.9 Å². The Morgan fingerprint density at radius 1 is 1.16 bits per heavy atom. The predicted molar refractivity (Wildman–Crippen MR) is 101 cm³/mol. The number of amides is 2. The first-order chi connectivity index (χ1) is 12.2. The minimum absolute atomic E-state index is 0.0124. The number of hydrogen-bond acceptors (Lipinski definition) is 4. The summed E-state index contributed by atoms with van der Waals surface area (Å²) in [6, 6.07) is 9.36. The number of carbonyl (C=O) groups excluding carboxylic acids is 2. The largest absolute Gasteiger partial charge is 0.337 e. The van der Waals surface area contributed by atoms with Crippen LogP contribution in [0, 0.1) is 0 Å². The maximum Gasteiger partial charge on any atom is 0.256 e. The van der Waals surface area contributed by atoms with E-state index in [0.717, 1.165) is 32.5 Å². The second-order valence-corrected chi connectivity index (χ2v) is 6.98. The molecule has 0 atom stereocenters. The number of carbonyl (C=O) groups is 2. The minimum atomic E-state index is -0.184. The molecule has 2 N–H and O–H groups in total. The van der Waals surface area contributed by atoms with Crippen LogP contribution in [0.5, 0.6) is 0 Å². The first-order valence-corrected chi connectivity index (χ1v) is 9.54. The number of benzene rings is 1. The van der Waals surface area contributed by atoms with Crippen molar-refractivity contribution in [2.24, 2.45) is 0 Å². The van der Waals surface area contributed by atoms with Gasteiger partial charge in [-0.05, 0) is 48.5 Å². The lowest BCUT2D eigenvalue weighted by Crippen LogP contribution is -2.34. The average Bonchev–Trinajstić information content (AvgIpc) is 2.92. The maximum absolute atomic E-state index is 12.8. The number of nitrogens with one attached hydrogen (secondary N) is 2. The molecule has 2 aromatic rings. The zero-order valence-corrected chi connectivity index (χ0v) is 15.2. The molecule has 1 aromatic carbocycles. The van der Waals surface area contributed by atoms with Crippen LogP contribution >= 0.6 is 11.3 Å². The molecular weight excluding hydrogens is 334 g/mol. The van der Waals surface area contributed by atoms with Gasteiger partial charge in [0, 0.05) is 25.2 Å². The van der Waals surface area contributed by atoms with Crippen molar-refractivity contribution >= 4 is 28.2 Å². The van der Waals surface area contributed by atoms with Gasteiger partial charge in [0.15, 0.2) is 0 Å². The fourth-order valence-electron chi connectivity index (χ4n) is 2.86. The van der Waals surface area contributed by atoms with Crippen LogP contribution in [0.2, 0.25) is 0 Å². The van der Waals surface area contributed by atoms with Crippen molar-refractivity contribution in [1.82, 2.24) is 10.2 Å². The molecular formula is C19H23N3O2S. The summed E-state index contributed by atoms with van der Waals surface area (Å²) in [7, 11) is 0. The Labute approximate surface area is 152 Å². The van der Waals surface area contributed by atoms with Crippen LogP contribution in [0.25, 0.3) is 0 Å². The second-order valence-electron chi connectivity index (χ2n) is 6.06. The number of thiophene rings is 1. The van der Waals surface area contributed by atoms with Crippen LogP contribution < -0.4 is 10.6 Å². The van der Waals surface area contributed by atoms with Crippen LogP contribution in [-0.2, 0) is 6.42 Å². The van der Waals surface area contributed by atoms with E-state index in [-0.39, 0.29) is 11.8 Å². The van der Waals surface area contributed by atoms with E-state index >= 15 is 0 Å². The molecule has 1 fully saturated rings. The summed E-state index contributed by atoms with van der Waals surface area (Å²) in [6.45, 7) is 5.26. The predicted octanol–water partition coefficient (Wildman–Crippen LogP) is 3.00. The van der Waals surface area contributed by atoms with Gasteiger partial charge in [-0.25, -0.2) is 0 Å². The molecule has 132 valence electrons. The van der Waals surface area contributed by atoms with Gasteiger partial charge in [-0.1, -0.05) is 19.1 Å². The Hall–Kier alpha value is -2.18. The van der Waals surface area contributed by atoms with Gasteiger partial charge in [-0.15, -0.1) is 11.3 Å². The molecule has 3 rings (SSSR count). The van der Waals surface area contributed by atoms with Crippen LogP contribution in [0.3, 0.4) is 0 Å². The van der Waals surface area contributed by atoms with Gasteiger partial charge in [0.05, 0.1) is 5.56 Å². The Kier molecular flexibility index (Phi) is 5.83. The lowest BCUT2D eigenvalue weighted by atomic mass is 10.1. The molecule has 0 radical (unpaired) electrons. The maximum atomic E-state index is 12.8. The quantitative estimate of drug-likeness (QED) is 0.884. The van der Waals surface area contributed by atoms with E-state index in [9.17, 15) is 9.59 Å². The van der Waals surface area contributed by atoms with Gasteiger partial charge in [0.25, 0.3) is 11.8 Å². The molecule has 0 unspecified atom stereocenters. The van der Waals surface area contributed by atoms with Gasteiger partial charge in [-0.3, -0.25) is 9.59 Å². The summed E-state index contributed by atoms with van der Waals surface area (Å²) >= 11 is 1.38. The van der Waals surface area contributed by atoms with Crippen molar-refractivity contribution in [3.8, 4) is 0 Å². The number of rotatable bonds is 4. The Morgan fingerprint density at radius 3 is 2.72 bits per heavy atom. The summed E-state index contributed by atoms with van der Waals surface area (Å²) in [5.41, 5.74) is 2.37. The van der Waals surface area contributed by atoms with E-state index in [0.29, 0.717) is 22.7 Å². The molecule has 2 amide bonds. The molecule has 2 heterocycles. The van der Waals surface area contributed by atoms with E-state index in [2.05, 4.69) is 17.6 Å². The van der Waals surface area contributed by atoms with Gasteiger partial charge < -0.3 is 15.5 Å². The lowest BCUT2D eigenvalue weighted by molar-refractivity contribution is 0.0768. The minimum Gasteiger partial charge on any atom is -0.337 e. The summed E-state index contributed by atoms with van der Waals surface area (Å²) in [6.07, 6.45) is 1.89. The molecule has 5 nitrogen and oxygen atoms in total. The number of hydrogen-bond donors (Lipinski definition) is 2. The van der Waals surface area contributed by atoms with Crippen LogP contribution in [0.4, 0.5) is 5.00 Å². The molecule has 0 saturated carbocycles. The monoisotopic (exact) mass is 357 g/mol. The van der Waals surface area contributed by atoms with E-state index in [4.69, 9.17) is 0 Å². The topological polar surface area (TPSA) is 61.4 Å². The van der Waals surface area contributed by atoms with Crippen molar-refractivity contribution in [2.45, 2.75) is 19.8 Å². The van der Waals surface area contributed by atoms with E-state index < -0.39 is 0 Å². The zero-order chi connectivity index (χ0) is 17.6. The number of nitrogens with zero attached hydrogens (tertiary/aromatic N) is 1. The third-order valence-corrected chi connectivity index (χ3v) is 5.20. The second kappa shape index (κ2) is 8.27. The number of aryl methyl sites for hydroxylation is 1. The molecule has 0 spiro atoms. The van der Waals surface area contributed by atoms with Crippen molar-refractivity contribution in [3.05, 3.63) is 52.4 Å². The van der Waals surface area contributed by atoms with E-state index in [1.165, 1.54) is 16.9 Å². The highest BCUT2D eigenvalue weighted by atomic mass is 32.1. The first-order valence-electron chi connectivity index (χ1n) is 8.67. The van der Waals surface area contributed by atoms with Crippen molar-refractivity contribution in [3.63, 3.8) is 0 Å². The molecule has 1 aliphatic rings. The SMILES string of the molecule is CCc1ccc(C(=O)Nc2sccc2C(=O)N2CCCNCC2)cc1. The fraction of sp³-hybridized carbons (Fsp3) is 0.368. The van der Waals surface area contributed by atoms with Gasteiger partial charge in [0.2, 0.25) is 0 Å². The molecule has 1 saturated heterocycles. The summed E-state index contributed by atoms with van der Waals surface area (Å²) in [4.78, 5) is 27.1. The van der Waals surface area contributed by atoms with Crippen molar-refractivity contribution in [1.29, 1.82) is 0 Å². The third-order valence-electron chi connectivity index (χ3n) is 4.37. The molecule has 25 heavy (non-hydrogen) atoms. The van der Waals surface area contributed by atoms with Gasteiger partial charge in [0.1, 0.15) is 5.00 Å². The van der Waals surface area contributed by atoms with Crippen molar-refractivity contribution in [2.75, 3.05) is 31.5 Å². The molecule has 0 bridgehead atoms. The van der Waals surface area contributed by atoms with Gasteiger partial charge >= 0.3 is 0 Å². The molecule has 6 heteroatoms. The summed E-state index contributed by atoms with van der Waals surface area (Å²) < 4.78 is 0.